The standard InChI is InChI=1S/C16H25N3O2/c1-2-18-16(20)13-6-7-15(14(17)10-13)19-8-3-9-21-11-12-4-5-12/h6-7,10,12,19H,2-5,8-9,11,17H2,1H3,(H,18,20). The molecule has 0 spiro atoms. The second-order valence-electron chi connectivity index (χ2n) is 5.46. The van der Waals surface area contributed by atoms with Gasteiger partial charge >= 0.3 is 0 Å². The highest BCUT2D eigenvalue weighted by molar-refractivity contribution is 5.96. The van der Waals surface area contributed by atoms with E-state index in [-0.39, 0.29) is 5.91 Å². The molecule has 5 heteroatoms. The summed E-state index contributed by atoms with van der Waals surface area (Å²) in [6.07, 6.45) is 3.60. The molecule has 0 aliphatic heterocycles. The summed E-state index contributed by atoms with van der Waals surface area (Å²) < 4.78 is 5.58. The van der Waals surface area contributed by atoms with E-state index in [1.807, 2.05) is 13.0 Å². The molecule has 1 aliphatic carbocycles. The van der Waals surface area contributed by atoms with Crippen LogP contribution in [0, 0.1) is 5.92 Å². The molecule has 0 heterocycles. The minimum atomic E-state index is -0.0933. The number of benzene rings is 1. The van der Waals surface area contributed by atoms with Crippen molar-refractivity contribution in [3.8, 4) is 0 Å². The molecule has 116 valence electrons. The first-order chi connectivity index (χ1) is 10.2. The molecule has 0 bridgehead atoms. The molecule has 0 unspecified atom stereocenters. The Morgan fingerprint density at radius 2 is 2.24 bits per heavy atom. The zero-order chi connectivity index (χ0) is 15.1. The van der Waals surface area contributed by atoms with E-state index in [9.17, 15) is 4.79 Å². The zero-order valence-electron chi connectivity index (χ0n) is 12.7. The van der Waals surface area contributed by atoms with Crippen molar-refractivity contribution in [2.24, 2.45) is 5.92 Å². The van der Waals surface area contributed by atoms with Crippen LogP contribution in [0.15, 0.2) is 18.2 Å². The van der Waals surface area contributed by atoms with Gasteiger partial charge in [0.1, 0.15) is 0 Å². The molecule has 4 N–H and O–H groups in total. The Bertz CT molecular complexity index is 473. The van der Waals surface area contributed by atoms with Crippen molar-refractivity contribution in [1.82, 2.24) is 5.32 Å². The Morgan fingerprint density at radius 1 is 1.43 bits per heavy atom. The number of carbonyl (C=O) groups excluding carboxylic acids is 1. The minimum absolute atomic E-state index is 0.0933. The molecular weight excluding hydrogens is 266 g/mol. The number of hydrogen-bond acceptors (Lipinski definition) is 4. The fourth-order valence-corrected chi connectivity index (χ4v) is 2.06. The number of rotatable bonds is 9. The summed E-state index contributed by atoms with van der Waals surface area (Å²) in [4.78, 5) is 11.7. The van der Waals surface area contributed by atoms with Crippen molar-refractivity contribution in [2.45, 2.75) is 26.2 Å². The highest BCUT2D eigenvalue weighted by Crippen LogP contribution is 2.28. The van der Waals surface area contributed by atoms with E-state index in [1.165, 1.54) is 12.8 Å². The largest absolute Gasteiger partial charge is 0.397 e. The molecule has 2 rings (SSSR count). The molecule has 21 heavy (non-hydrogen) atoms. The van der Waals surface area contributed by atoms with Crippen LogP contribution in [0.3, 0.4) is 0 Å². The third kappa shape index (κ3) is 5.27. The quantitative estimate of drug-likeness (QED) is 0.482. The van der Waals surface area contributed by atoms with Gasteiger partial charge in [-0.1, -0.05) is 0 Å². The van der Waals surface area contributed by atoms with Crippen LogP contribution in [0.25, 0.3) is 0 Å². The van der Waals surface area contributed by atoms with Gasteiger partial charge in [0.05, 0.1) is 11.4 Å². The summed E-state index contributed by atoms with van der Waals surface area (Å²) in [5, 5.41) is 6.04. The van der Waals surface area contributed by atoms with Gasteiger partial charge in [0.25, 0.3) is 5.91 Å². The molecular formula is C16H25N3O2. The smallest absolute Gasteiger partial charge is 0.251 e. The SMILES string of the molecule is CCNC(=O)c1ccc(NCCCOCC2CC2)c(N)c1. The van der Waals surface area contributed by atoms with E-state index in [0.717, 1.165) is 37.8 Å². The molecule has 1 amide bonds. The molecule has 1 saturated carbocycles. The highest BCUT2D eigenvalue weighted by atomic mass is 16.5. The van der Waals surface area contributed by atoms with Gasteiger partial charge in [-0.25, -0.2) is 0 Å². The fraction of sp³-hybridized carbons (Fsp3) is 0.562. The Balaban J connectivity index is 1.71. The van der Waals surface area contributed by atoms with Crippen LogP contribution >= 0.6 is 0 Å². The Labute approximate surface area is 126 Å². The predicted octanol–water partition coefficient (Wildman–Crippen LogP) is 2.25. The summed E-state index contributed by atoms with van der Waals surface area (Å²) in [6, 6.07) is 5.34. The summed E-state index contributed by atoms with van der Waals surface area (Å²) in [5.41, 5.74) is 8.02. The zero-order valence-corrected chi connectivity index (χ0v) is 12.7. The van der Waals surface area contributed by atoms with Gasteiger partial charge in [-0.3, -0.25) is 4.79 Å². The highest BCUT2D eigenvalue weighted by Gasteiger charge is 2.20. The monoisotopic (exact) mass is 291 g/mol. The van der Waals surface area contributed by atoms with Gasteiger partial charge in [-0.05, 0) is 50.3 Å². The van der Waals surface area contributed by atoms with E-state index >= 15 is 0 Å². The number of nitrogens with one attached hydrogen (secondary N) is 2. The summed E-state index contributed by atoms with van der Waals surface area (Å²) in [5.74, 6) is 0.722. The van der Waals surface area contributed by atoms with E-state index in [1.54, 1.807) is 12.1 Å². The van der Waals surface area contributed by atoms with Crippen LogP contribution in [0.2, 0.25) is 0 Å². The van der Waals surface area contributed by atoms with Crippen LogP contribution in [-0.2, 0) is 4.74 Å². The average Bonchev–Trinajstić information content (AvgIpc) is 3.28. The molecule has 1 aromatic rings. The molecule has 1 aromatic carbocycles. The summed E-state index contributed by atoms with van der Waals surface area (Å²) >= 11 is 0. The number of nitrogen functional groups attached to an aromatic ring is 1. The van der Waals surface area contributed by atoms with Crippen LogP contribution < -0.4 is 16.4 Å². The van der Waals surface area contributed by atoms with Crippen molar-refractivity contribution < 1.29 is 9.53 Å². The third-order valence-corrected chi connectivity index (χ3v) is 3.48. The van der Waals surface area contributed by atoms with Gasteiger partial charge in [0.2, 0.25) is 0 Å². The lowest BCUT2D eigenvalue weighted by molar-refractivity contribution is 0.0956. The van der Waals surface area contributed by atoms with Gasteiger partial charge in [-0.2, -0.15) is 0 Å². The van der Waals surface area contributed by atoms with Crippen molar-refractivity contribution in [3.05, 3.63) is 23.8 Å². The summed E-state index contributed by atoms with van der Waals surface area (Å²) in [6.45, 7) is 5.00. The average molecular weight is 291 g/mol. The van der Waals surface area contributed by atoms with Crippen LogP contribution in [0.1, 0.15) is 36.5 Å². The van der Waals surface area contributed by atoms with Gasteiger partial charge in [0, 0.05) is 31.9 Å². The maximum atomic E-state index is 11.7. The molecule has 1 fully saturated rings. The number of anilines is 2. The molecule has 0 atom stereocenters. The lowest BCUT2D eigenvalue weighted by Gasteiger charge is -2.11. The van der Waals surface area contributed by atoms with Crippen LogP contribution in [-0.4, -0.2) is 32.2 Å². The summed E-state index contributed by atoms with van der Waals surface area (Å²) in [7, 11) is 0. The predicted molar refractivity (Wildman–Crippen MR) is 85.5 cm³/mol. The lowest BCUT2D eigenvalue weighted by Crippen LogP contribution is -2.22. The Kier molecular flexibility index (Phi) is 5.87. The van der Waals surface area contributed by atoms with E-state index in [4.69, 9.17) is 10.5 Å². The maximum Gasteiger partial charge on any atom is 0.251 e. The maximum absolute atomic E-state index is 11.7. The Hall–Kier alpha value is -1.75. The van der Waals surface area contributed by atoms with Gasteiger partial charge < -0.3 is 21.1 Å². The first-order valence-electron chi connectivity index (χ1n) is 7.70. The van der Waals surface area contributed by atoms with Gasteiger partial charge in [-0.15, -0.1) is 0 Å². The first-order valence-corrected chi connectivity index (χ1v) is 7.70. The van der Waals surface area contributed by atoms with E-state index < -0.39 is 0 Å². The van der Waals surface area contributed by atoms with Crippen molar-refractivity contribution in [2.75, 3.05) is 37.4 Å². The van der Waals surface area contributed by atoms with E-state index in [2.05, 4.69) is 10.6 Å². The normalized spacial score (nSPS) is 14.0. The lowest BCUT2D eigenvalue weighted by atomic mass is 10.1. The third-order valence-electron chi connectivity index (χ3n) is 3.48. The van der Waals surface area contributed by atoms with E-state index in [0.29, 0.717) is 17.8 Å². The number of carbonyl (C=O) groups is 1. The number of nitrogens with two attached hydrogens (primary N) is 1. The number of hydrogen-bond donors (Lipinski definition) is 3. The van der Waals surface area contributed by atoms with Crippen molar-refractivity contribution in [1.29, 1.82) is 0 Å². The minimum Gasteiger partial charge on any atom is -0.397 e. The number of ether oxygens (including phenoxy) is 1. The first kappa shape index (κ1) is 15.6. The second-order valence-corrected chi connectivity index (χ2v) is 5.46. The molecule has 1 aliphatic rings. The van der Waals surface area contributed by atoms with Crippen LogP contribution in [0.4, 0.5) is 11.4 Å². The van der Waals surface area contributed by atoms with Crippen molar-refractivity contribution in [3.63, 3.8) is 0 Å². The van der Waals surface area contributed by atoms with Crippen LogP contribution in [0.5, 0.6) is 0 Å². The molecule has 0 radical (unpaired) electrons. The molecule has 0 aromatic heterocycles. The topological polar surface area (TPSA) is 76.4 Å². The Morgan fingerprint density at radius 3 is 2.90 bits per heavy atom. The van der Waals surface area contributed by atoms with Gasteiger partial charge in [0.15, 0.2) is 0 Å². The number of amides is 1. The van der Waals surface area contributed by atoms with Crippen molar-refractivity contribution >= 4 is 17.3 Å². The molecule has 5 nitrogen and oxygen atoms in total. The fourth-order valence-electron chi connectivity index (χ4n) is 2.06. The molecule has 0 saturated heterocycles. The second kappa shape index (κ2) is 7.88.